The lowest BCUT2D eigenvalue weighted by Crippen LogP contribution is -2.59. The van der Waals surface area contributed by atoms with E-state index in [0.29, 0.717) is 11.8 Å². The van der Waals surface area contributed by atoms with Crippen LogP contribution in [0.2, 0.25) is 0 Å². The molecule has 0 aromatic carbocycles. The summed E-state index contributed by atoms with van der Waals surface area (Å²) in [5.74, 6) is 1.12. The molecule has 33 heavy (non-hydrogen) atoms. The van der Waals surface area contributed by atoms with Gasteiger partial charge in [0.15, 0.2) is 0 Å². The minimum atomic E-state index is -0.265. The molecular weight excluding hydrogens is 410 g/mol. The number of fused-ring (bicyclic) bond motifs is 4. The Bertz CT molecular complexity index is 916. The molecule has 184 valence electrons. The highest BCUT2D eigenvalue weighted by Gasteiger charge is 2.78. The number of aliphatic hydroxyl groups excluding tert-OH is 3. The van der Waals surface area contributed by atoms with Crippen LogP contribution in [0.1, 0.15) is 85.5 Å². The Hall–Kier alpha value is -0.940. The van der Waals surface area contributed by atoms with Crippen molar-refractivity contribution in [2.24, 2.45) is 39.2 Å². The number of allylic oxidation sites excluding steroid dienone is 3. The van der Waals surface area contributed by atoms with Gasteiger partial charge in [-0.1, -0.05) is 45.9 Å². The van der Waals surface area contributed by atoms with Gasteiger partial charge >= 0.3 is 0 Å². The maximum absolute atomic E-state index is 10.8. The third kappa shape index (κ3) is 2.84. The van der Waals surface area contributed by atoms with E-state index in [9.17, 15) is 15.3 Å². The number of hydrogen-bond donors (Lipinski definition) is 4. The smallest absolute Gasteiger partial charge is 0.0663 e. The molecule has 4 unspecified atom stereocenters. The van der Waals surface area contributed by atoms with Gasteiger partial charge in [-0.3, -0.25) is 0 Å². The van der Waals surface area contributed by atoms with Gasteiger partial charge in [-0.15, -0.1) is 0 Å². The minimum absolute atomic E-state index is 0.0595. The number of rotatable bonds is 6. The van der Waals surface area contributed by atoms with Crippen molar-refractivity contribution in [1.82, 2.24) is 0 Å². The van der Waals surface area contributed by atoms with Gasteiger partial charge in [0.2, 0.25) is 0 Å². The molecule has 0 heterocycles. The van der Waals surface area contributed by atoms with Crippen LogP contribution in [0, 0.1) is 33.5 Å². The Balaban J connectivity index is 1.42. The zero-order chi connectivity index (χ0) is 23.9. The predicted molar refractivity (Wildman–Crippen MR) is 132 cm³/mol. The molecular formula is C29H45NO3. The topological polar surface area (TPSA) is 86.7 Å². The average Bonchev–Trinajstić information content (AvgIpc) is 3.33. The van der Waals surface area contributed by atoms with Crippen LogP contribution >= 0.6 is 0 Å². The lowest BCUT2D eigenvalue weighted by Gasteiger charge is -2.58. The molecule has 0 aromatic heterocycles. The van der Waals surface area contributed by atoms with Crippen LogP contribution < -0.4 is 5.73 Å². The quantitative estimate of drug-likeness (QED) is 0.439. The van der Waals surface area contributed by atoms with Crippen molar-refractivity contribution in [3.8, 4) is 0 Å². The number of aliphatic hydroxyl groups is 3. The summed E-state index contributed by atoms with van der Waals surface area (Å²) in [6.07, 6.45) is 16.3. The lowest BCUT2D eigenvalue weighted by atomic mass is 9.47. The van der Waals surface area contributed by atoms with E-state index in [1.54, 1.807) is 0 Å². The molecule has 8 atom stereocenters. The first-order valence-corrected chi connectivity index (χ1v) is 13.3. The molecule has 0 aromatic rings. The SMILES string of the molecule is CC(CCC=C(CO)CO)C1CC[C@@]2(N)C3=CC[C@@]45CC4(C)[C@@H](O)CCC5(C)C3=CC[C@]12C. The number of hydrogen-bond acceptors (Lipinski definition) is 4. The lowest BCUT2D eigenvalue weighted by molar-refractivity contribution is -0.0214. The average molecular weight is 456 g/mol. The van der Waals surface area contributed by atoms with E-state index in [1.165, 1.54) is 17.6 Å². The van der Waals surface area contributed by atoms with Crippen LogP contribution in [0.25, 0.3) is 0 Å². The molecule has 4 nitrogen and oxygen atoms in total. The maximum atomic E-state index is 10.8. The van der Waals surface area contributed by atoms with Crippen LogP contribution in [0.15, 0.2) is 34.9 Å². The molecule has 4 heteroatoms. The molecule has 5 aliphatic carbocycles. The van der Waals surface area contributed by atoms with Gasteiger partial charge in [0, 0.05) is 11.0 Å². The van der Waals surface area contributed by atoms with Crippen molar-refractivity contribution in [3.63, 3.8) is 0 Å². The van der Waals surface area contributed by atoms with Crippen LogP contribution in [0.3, 0.4) is 0 Å². The molecule has 3 saturated carbocycles. The third-order valence-electron chi connectivity index (χ3n) is 11.9. The van der Waals surface area contributed by atoms with E-state index in [1.807, 2.05) is 6.08 Å². The Morgan fingerprint density at radius 2 is 1.76 bits per heavy atom. The fourth-order valence-electron chi connectivity index (χ4n) is 9.44. The molecule has 0 aliphatic heterocycles. The van der Waals surface area contributed by atoms with Crippen molar-refractivity contribution in [3.05, 3.63) is 34.9 Å². The van der Waals surface area contributed by atoms with Crippen LogP contribution in [-0.4, -0.2) is 40.2 Å². The Morgan fingerprint density at radius 1 is 1.06 bits per heavy atom. The van der Waals surface area contributed by atoms with Gasteiger partial charge in [0.05, 0.1) is 19.3 Å². The largest absolute Gasteiger partial charge is 0.393 e. The van der Waals surface area contributed by atoms with E-state index in [-0.39, 0.29) is 46.5 Å². The van der Waals surface area contributed by atoms with Crippen molar-refractivity contribution in [2.75, 3.05) is 13.2 Å². The molecule has 5 N–H and O–H groups in total. The first-order valence-electron chi connectivity index (χ1n) is 13.3. The van der Waals surface area contributed by atoms with Crippen molar-refractivity contribution in [2.45, 2.75) is 97.1 Å². The first kappa shape index (κ1) is 23.8. The van der Waals surface area contributed by atoms with Gasteiger partial charge in [-0.05, 0) is 103 Å². The Labute approximate surface area is 200 Å². The summed E-state index contributed by atoms with van der Waals surface area (Å²) in [4.78, 5) is 0. The second kappa shape index (κ2) is 7.53. The molecule has 5 aliphatic rings. The summed E-state index contributed by atoms with van der Waals surface area (Å²) in [5, 5.41) is 29.5. The molecule has 0 amide bonds. The van der Waals surface area contributed by atoms with Crippen molar-refractivity contribution in [1.29, 1.82) is 0 Å². The Morgan fingerprint density at radius 3 is 2.45 bits per heavy atom. The van der Waals surface area contributed by atoms with E-state index < -0.39 is 0 Å². The molecule has 0 saturated heterocycles. The highest BCUT2D eigenvalue weighted by Crippen LogP contribution is 2.83. The van der Waals surface area contributed by atoms with E-state index in [2.05, 4.69) is 39.8 Å². The maximum Gasteiger partial charge on any atom is 0.0663 e. The minimum Gasteiger partial charge on any atom is -0.393 e. The van der Waals surface area contributed by atoms with Gasteiger partial charge in [-0.25, -0.2) is 0 Å². The molecule has 5 rings (SSSR count). The second-order valence-electron chi connectivity index (χ2n) is 13.0. The summed E-state index contributed by atoms with van der Waals surface area (Å²) in [7, 11) is 0. The first-order chi connectivity index (χ1) is 15.5. The summed E-state index contributed by atoms with van der Waals surface area (Å²) < 4.78 is 0. The van der Waals surface area contributed by atoms with Gasteiger partial charge in [0.1, 0.15) is 0 Å². The van der Waals surface area contributed by atoms with Gasteiger partial charge in [0.25, 0.3) is 0 Å². The Kier molecular flexibility index (Phi) is 5.43. The van der Waals surface area contributed by atoms with E-state index >= 15 is 0 Å². The fraction of sp³-hybridized carbons (Fsp3) is 0.793. The summed E-state index contributed by atoms with van der Waals surface area (Å²) in [5.41, 5.74) is 11.4. The molecule has 0 bridgehead atoms. The predicted octanol–water partition coefficient (Wildman–Crippen LogP) is 4.65. The zero-order valence-corrected chi connectivity index (χ0v) is 21.2. The summed E-state index contributed by atoms with van der Waals surface area (Å²) >= 11 is 0. The molecule has 0 radical (unpaired) electrons. The summed E-state index contributed by atoms with van der Waals surface area (Å²) in [6.45, 7) is 9.50. The van der Waals surface area contributed by atoms with Crippen LogP contribution in [0.5, 0.6) is 0 Å². The highest BCUT2D eigenvalue weighted by molar-refractivity contribution is 5.55. The number of nitrogens with two attached hydrogens (primary N) is 1. The molecule has 1 spiro atoms. The van der Waals surface area contributed by atoms with Gasteiger partial charge < -0.3 is 21.1 Å². The van der Waals surface area contributed by atoms with E-state index in [0.717, 1.165) is 56.9 Å². The van der Waals surface area contributed by atoms with Crippen LogP contribution in [0.4, 0.5) is 0 Å². The normalized spacial score (nSPS) is 48.5. The third-order valence-corrected chi connectivity index (χ3v) is 11.9. The fourth-order valence-corrected chi connectivity index (χ4v) is 9.44. The summed E-state index contributed by atoms with van der Waals surface area (Å²) in [6, 6.07) is 0. The standard InChI is InChI=1S/C29H45NO3/c1-19(6-5-7-20(16-31)17-32)21-10-15-29(30)23-9-14-28-18-27(28,4)24(33)11-13-25(28,2)22(23)8-12-26(21,29)3/h7-9,19,21,24,31-33H,5-6,10-18,30H2,1-4H3/t19?,21?,24-,25?,26+,27?,28-,29+/m0/s1. The van der Waals surface area contributed by atoms with Gasteiger partial charge in [-0.2, -0.15) is 0 Å². The highest BCUT2D eigenvalue weighted by atomic mass is 16.3. The zero-order valence-electron chi connectivity index (χ0n) is 21.2. The molecule has 3 fully saturated rings. The monoisotopic (exact) mass is 455 g/mol. The van der Waals surface area contributed by atoms with Crippen molar-refractivity contribution >= 4 is 0 Å². The second-order valence-corrected chi connectivity index (χ2v) is 13.0. The van der Waals surface area contributed by atoms with Crippen molar-refractivity contribution < 1.29 is 15.3 Å². The van der Waals surface area contributed by atoms with Crippen LogP contribution in [-0.2, 0) is 0 Å². The van der Waals surface area contributed by atoms with E-state index in [4.69, 9.17) is 5.73 Å².